The fourth-order valence-corrected chi connectivity index (χ4v) is 2.58. The van der Waals surface area contributed by atoms with Gasteiger partial charge in [-0.15, -0.1) is 0 Å². The number of nitrogens with one attached hydrogen (secondary N) is 1. The summed E-state index contributed by atoms with van der Waals surface area (Å²) in [5.74, 6) is -0.0131. The second kappa shape index (κ2) is 8.36. The number of hydrogen-bond acceptors (Lipinski definition) is 4. The highest BCUT2D eigenvalue weighted by molar-refractivity contribution is 5.82. The molecule has 0 aliphatic heterocycles. The number of aliphatic hydroxyl groups is 1. The number of carbonyl (C=O) groups excluding carboxylic acids is 2. The van der Waals surface area contributed by atoms with E-state index in [-0.39, 0.29) is 24.9 Å². The summed E-state index contributed by atoms with van der Waals surface area (Å²) in [7, 11) is 1.52. The van der Waals surface area contributed by atoms with Crippen LogP contribution < -0.4 is 5.32 Å². The second-order valence-electron chi connectivity index (χ2n) is 7.11. The Morgan fingerprint density at radius 2 is 1.86 bits per heavy atom. The maximum absolute atomic E-state index is 11.8. The first kappa shape index (κ1) is 18.7. The van der Waals surface area contributed by atoms with Crippen LogP contribution in [0.25, 0.3) is 0 Å². The fraction of sp³-hybridized carbons (Fsp3) is 0.875. The van der Waals surface area contributed by atoms with E-state index in [4.69, 9.17) is 4.74 Å². The summed E-state index contributed by atoms with van der Waals surface area (Å²) >= 11 is 0. The van der Waals surface area contributed by atoms with Gasteiger partial charge in [-0.25, -0.2) is 4.79 Å². The van der Waals surface area contributed by atoms with Crippen LogP contribution in [0.15, 0.2) is 0 Å². The van der Waals surface area contributed by atoms with Gasteiger partial charge in [-0.1, -0.05) is 19.3 Å². The van der Waals surface area contributed by atoms with Crippen LogP contribution in [0.3, 0.4) is 0 Å². The zero-order valence-electron chi connectivity index (χ0n) is 14.2. The number of nitrogens with zero attached hydrogens (tertiary/aromatic N) is 1. The van der Waals surface area contributed by atoms with E-state index in [1.807, 2.05) is 0 Å². The number of amides is 2. The van der Waals surface area contributed by atoms with Gasteiger partial charge in [0.15, 0.2) is 0 Å². The predicted molar refractivity (Wildman–Crippen MR) is 84.5 cm³/mol. The molecule has 2 amide bonds. The van der Waals surface area contributed by atoms with E-state index in [1.165, 1.54) is 18.4 Å². The Morgan fingerprint density at radius 1 is 1.27 bits per heavy atom. The van der Waals surface area contributed by atoms with Gasteiger partial charge in [-0.05, 0) is 39.5 Å². The van der Waals surface area contributed by atoms with E-state index >= 15 is 0 Å². The molecule has 0 aromatic rings. The second-order valence-corrected chi connectivity index (χ2v) is 7.11. The lowest BCUT2D eigenvalue weighted by molar-refractivity contribution is -0.122. The summed E-state index contributed by atoms with van der Waals surface area (Å²) in [6.07, 6.45) is 4.54. The number of likely N-dealkylation sites (N-methyl/N-ethyl adjacent to an activating group) is 1. The van der Waals surface area contributed by atoms with Crippen molar-refractivity contribution < 1.29 is 19.4 Å². The van der Waals surface area contributed by atoms with Crippen molar-refractivity contribution in [3.8, 4) is 0 Å². The zero-order valence-corrected chi connectivity index (χ0v) is 14.2. The average molecular weight is 314 g/mol. The van der Waals surface area contributed by atoms with Crippen LogP contribution in [0.5, 0.6) is 0 Å². The van der Waals surface area contributed by atoms with Gasteiger partial charge in [0.2, 0.25) is 5.91 Å². The van der Waals surface area contributed by atoms with Crippen molar-refractivity contribution in [1.29, 1.82) is 0 Å². The number of rotatable bonds is 5. The number of hydrogen-bond donors (Lipinski definition) is 2. The highest BCUT2D eigenvalue weighted by Gasteiger charge is 2.23. The molecule has 0 heterocycles. The number of carbonyl (C=O) groups is 2. The summed E-state index contributed by atoms with van der Waals surface area (Å²) in [5.41, 5.74) is -0.584. The summed E-state index contributed by atoms with van der Waals surface area (Å²) in [6.45, 7) is 5.50. The molecule has 1 saturated carbocycles. The average Bonchev–Trinajstić information content (AvgIpc) is 2.43. The first-order chi connectivity index (χ1) is 10.2. The van der Waals surface area contributed by atoms with E-state index in [0.717, 1.165) is 25.7 Å². The molecule has 0 unspecified atom stereocenters. The van der Waals surface area contributed by atoms with E-state index in [9.17, 15) is 14.7 Å². The van der Waals surface area contributed by atoms with Crippen LogP contribution in [-0.2, 0) is 9.53 Å². The lowest BCUT2D eigenvalue weighted by Crippen LogP contribution is -2.44. The Morgan fingerprint density at radius 3 is 2.41 bits per heavy atom. The quantitative estimate of drug-likeness (QED) is 0.812. The molecule has 1 aliphatic carbocycles. The highest BCUT2D eigenvalue weighted by atomic mass is 16.6. The molecule has 1 aliphatic rings. The topological polar surface area (TPSA) is 78.9 Å². The first-order valence-corrected chi connectivity index (χ1v) is 8.08. The molecule has 0 aromatic heterocycles. The minimum Gasteiger partial charge on any atom is -0.444 e. The fourth-order valence-electron chi connectivity index (χ4n) is 2.58. The SMILES string of the molecule is CN(CC(=O)NC[C@H](O)C1CCCCC1)C(=O)OC(C)(C)C. The van der Waals surface area contributed by atoms with E-state index < -0.39 is 17.8 Å². The Hall–Kier alpha value is -1.30. The number of aliphatic hydroxyl groups excluding tert-OH is 1. The minimum atomic E-state index is -0.584. The van der Waals surface area contributed by atoms with Crippen molar-refractivity contribution in [2.75, 3.05) is 20.1 Å². The smallest absolute Gasteiger partial charge is 0.410 e. The Labute approximate surface area is 133 Å². The van der Waals surface area contributed by atoms with Gasteiger partial charge in [0, 0.05) is 13.6 Å². The molecule has 0 saturated heterocycles. The molecule has 0 spiro atoms. The van der Waals surface area contributed by atoms with Crippen molar-refractivity contribution in [1.82, 2.24) is 10.2 Å². The lowest BCUT2D eigenvalue weighted by atomic mass is 9.85. The van der Waals surface area contributed by atoms with Gasteiger partial charge in [0.05, 0.1) is 6.10 Å². The highest BCUT2D eigenvalue weighted by Crippen LogP contribution is 2.26. The van der Waals surface area contributed by atoms with Crippen LogP contribution >= 0.6 is 0 Å². The summed E-state index contributed by atoms with van der Waals surface area (Å²) in [5, 5.41) is 12.8. The molecule has 0 aromatic carbocycles. The van der Waals surface area contributed by atoms with Crippen LogP contribution in [0.4, 0.5) is 4.79 Å². The maximum Gasteiger partial charge on any atom is 0.410 e. The van der Waals surface area contributed by atoms with Gasteiger partial charge in [0.25, 0.3) is 0 Å². The molecule has 1 atom stereocenters. The third-order valence-electron chi connectivity index (χ3n) is 3.79. The van der Waals surface area contributed by atoms with Crippen molar-refractivity contribution in [2.24, 2.45) is 5.92 Å². The lowest BCUT2D eigenvalue weighted by Gasteiger charge is -2.27. The van der Waals surface area contributed by atoms with Crippen LogP contribution in [0, 0.1) is 5.92 Å². The molecule has 128 valence electrons. The third-order valence-corrected chi connectivity index (χ3v) is 3.79. The molecular formula is C16H30N2O4. The van der Waals surface area contributed by atoms with Crippen molar-refractivity contribution >= 4 is 12.0 Å². The Balaban J connectivity index is 2.28. The molecule has 22 heavy (non-hydrogen) atoms. The van der Waals surface area contributed by atoms with E-state index in [0.29, 0.717) is 0 Å². The third kappa shape index (κ3) is 7.11. The zero-order chi connectivity index (χ0) is 16.8. The minimum absolute atomic E-state index is 0.0771. The van der Waals surface area contributed by atoms with Gasteiger partial charge in [0.1, 0.15) is 12.1 Å². The van der Waals surface area contributed by atoms with Crippen molar-refractivity contribution in [3.05, 3.63) is 0 Å². The molecule has 6 heteroatoms. The van der Waals surface area contributed by atoms with Gasteiger partial charge in [-0.2, -0.15) is 0 Å². The number of ether oxygens (including phenoxy) is 1. The largest absolute Gasteiger partial charge is 0.444 e. The van der Waals surface area contributed by atoms with Gasteiger partial charge >= 0.3 is 6.09 Å². The van der Waals surface area contributed by atoms with Gasteiger partial charge in [-0.3, -0.25) is 4.79 Å². The Bertz CT molecular complexity index is 373. The van der Waals surface area contributed by atoms with Crippen LogP contribution in [-0.4, -0.2) is 53.8 Å². The summed E-state index contributed by atoms with van der Waals surface area (Å²) in [4.78, 5) is 24.8. The Kier molecular flexibility index (Phi) is 7.13. The predicted octanol–water partition coefficient (Wildman–Crippen LogP) is 1.91. The molecule has 0 radical (unpaired) electrons. The van der Waals surface area contributed by atoms with Crippen LogP contribution in [0.2, 0.25) is 0 Å². The summed E-state index contributed by atoms with van der Waals surface area (Å²) in [6, 6.07) is 0. The summed E-state index contributed by atoms with van der Waals surface area (Å²) < 4.78 is 5.18. The molecule has 1 fully saturated rings. The molecule has 2 N–H and O–H groups in total. The first-order valence-electron chi connectivity index (χ1n) is 8.08. The molecule has 0 bridgehead atoms. The van der Waals surface area contributed by atoms with Gasteiger partial charge < -0.3 is 20.1 Å². The van der Waals surface area contributed by atoms with Crippen molar-refractivity contribution in [3.63, 3.8) is 0 Å². The monoisotopic (exact) mass is 314 g/mol. The standard InChI is InChI=1S/C16H30N2O4/c1-16(2,3)22-15(21)18(4)11-14(20)17-10-13(19)12-8-6-5-7-9-12/h12-13,19H,5-11H2,1-4H3,(H,17,20)/t13-/m0/s1. The normalized spacial score (nSPS) is 17.7. The maximum atomic E-state index is 11.8. The van der Waals surface area contributed by atoms with Crippen LogP contribution in [0.1, 0.15) is 52.9 Å². The molecule has 1 rings (SSSR count). The molecular weight excluding hydrogens is 284 g/mol. The van der Waals surface area contributed by atoms with E-state index in [2.05, 4.69) is 5.32 Å². The molecule has 6 nitrogen and oxygen atoms in total. The van der Waals surface area contributed by atoms with E-state index in [1.54, 1.807) is 20.8 Å². The van der Waals surface area contributed by atoms with Crippen molar-refractivity contribution in [2.45, 2.75) is 64.6 Å².